The van der Waals surface area contributed by atoms with Gasteiger partial charge >= 0.3 is 0 Å². The van der Waals surface area contributed by atoms with Gasteiger partial charge < -0.3 is 4.57 Å². The van der Waals surface area contributed by atoms with Crippen LogP contribution in [0.2, 0.25) is 5.02 Å². The zero-order valence-corrected chi connectivity index (χ0v) is 14.4. The van der Waals surface area contributed by atoms with E-state index in [1.54, 1.807) is 0 Å². The summed E-state index contributed by atoms with van der Waals surface area (Å²) in [6.07, 6.45) is 8.27. The zero-order valence-electron chi connectivity index (χ0n) is 13.6. The minimum atomic E-state index is 0.730. The zero-order chi connectivity index (χ0) is 16.4. The highest BCUT2D eigenvalue weighted by Crippen LogP contribution is 2.24. The maximum absolute atomic E-state index is 6.27. The van der Waals surface area contributed by atoms with Crippen LogP contribution in [-0.4, -0.2) is 32.5 Å². The number of hydrogen-bond acceptors (Lipinski definition) is 3. The number of pyridine rings is 1. The number of aromatic nitrogens is 3. The molecule has 0 spiro atoms. The summed E-state index contributed by atoms with van der Waals surface area (Å²) in [5, 5.41) is 1.83. The first kappa shape index (κ1) is 15.6. The molecular weight excluding hydrogens is 320 g/mol. The Hall–Kier alpha value is -1.91. The van der Waals surface area contributed by atoms with Gasteiger partial charge in [-0.1, -0.05) is 29.8 Å². The van der Waals surface area contributed by atoms with Crippen molar-refractivity contribution < 1.29 is 0 Å². The van der Waals surface area contributed by atoms with Gasteiger partial charge in [0.05, 0.1) is 22.6 Å². The molecule has 3 aromatic rings. The van der Waals surface area contributed by atoms with Crippen molar-refractivity contribution in [1.29, 1.82) is 0 Å². The molecule has 4 nitrogen and oxygen atoms in total. The molecule has 1 aromatic carbocycles. The van der Waals surface area contributed by atoms with Gasteiger partial charge in [-0.3, -0.25) is 4.90 Å². The smallest absolute Gasteiger partial charge is 0.0945 e. The average molecular weight is 341 g/mol. The van der Waals surface area contributed by atoms with Gasteiger partial charge in [0.15, 0.2) is 0 Å². The standard InChI is InChI=1S/C19H21ClN4/c20-18-3-1-2-16-4-5-17(22-19(16)18)13-23-9-6-15(7-10-23)12-24-11-8-21-14-24/h1-5,8,11,14-15H,6-7,9-10,12-13H2. The Bertz CT molecular complexity index is 807. The van der Waals surface area contributed by atoms with Gasteiger partial charge in [0, 0.05) is 30.9 Å². The Balaban J connectivity index is 1.37. The van der Waals surface area contributed by atoms with Gasteiger partial charge in [-0.2, -0.15) is 0 Å². The van der Waals surface area contributed by atoms with Crippen LogP contribution in [0.25, 0.3) is 10.9 Å². The van der Waals surface area contributed by atoms with Gasteiger partial charge in [-0.25, -0.2) is 9.97 Å². The van der Waals surface area contributed by atoms with Crippen molar-refractivity contribution in [2.75, 3.05) is 13.1 Å². The Labute approximate surface area is 147 Å². The Morgan fingerprint density at radius 3 is 2.79 bits per heavy atom. The van der Waals surface area contributed by atoms with E-state index in [0.717, 1.165) is 53.7 Å². The van der Waals surface area contributed by atoms with E-state index in [2.05, 4.69) is 38.8 Å². The van der Waals surface area contributed by atoms with Crippen molar-refractivity contribution in [2.24, 2.45) is 5.92 Å². The van der Waals surface area contributed by atoms with Crippen LogP contribution in [0.4, 0.5) is 0 Å². The molecule has 5 heteroatoms. The number of imidazole rings is 1. The first-order chi connectivity index (χ1) is 11.8. The third kappa shape index (κ3) is 3.45. The van der Waals surface area contributed by atoms with E-state index in [-0.39, 0.29) is 0 Å². The maximum Gasteiger partial charge on any atom is 0.0945 e. The van der Waals surface area contributed by atoms with E-state index in [1.807, 2.05) is 24.7 Å². The molecule has 0 radical (unpaired) electrons. The van der Waals surface area contributed by atoms with Crippen molar-refractivity contribution in [1.82, 2.24) is 19.4 Å². The lowest BCUT2D eigenvalue weighted by molar-refractivity contribution is 0.165. The molecule has 1 aliphatic rings. The molecule has 0 atom stereocenters. The predicted molar refractivity (Wildman–Crippen MR) is 97.0 cm³/mol. The lowest BCUT2D eigenvalue weighted by Crippen LogP contribution is -2.34. The summed E-state index contributed by atoms with van der Waals surface area (Å²) < 4.78 is 2.19. The van der Waals surface area contributed by atoms with Gasteiger partial charge in [0.1, 0.15) is 0 Å². The second kappa shape index (κ2) is 6.91. The lowest BCUT2D eigenvalue weighted by atomic mass is 9.96. The van der Waals surface area contributed by atoms with Crippen LogP contribution in [0, 0.1) is 5.92 Å². The van der Waals surface area contributed by atoms with E-state index in [0.29, 0.717) is 0 Å². The van der Waals surface area contributed by atoms with Gasteiger partial charge in [0.25, 0.3) is 0 Å². The monoisotopic (exact) mass is 340 g/mol. The highest BCUT2D eigenvalue weighted by Gasteiger charge is 2.20. The third-order valence-electron chi connectivity index (χ3n) is 4.85. The molecule has 1 aliphatic heterocycles. The van der Waals surface area contributed by atoms with Crippen LogP contribution in [0.3, 0.4) is 0 Å². The third-order valence-corrected chi connectivity index (χ3v) is 5.15. The summed E-state index contributed by atoms with van der Waals surface area (Å²) in [5.74, 6) is 0.745. The fourth-order valence-electron chi connectivity index (χ4n) is 3.49. The molecule has 0 bridgehead atoms. The number of fused-ring (bicyclic) bond motifs is 1. The number of para-hydroxylation sites is 1. The molecule has 1 saturated heterocycles. The van der Waals surface area contributed by atoms with Crippen LogP contribution in [0.15, 0.2) is 49.1 Å². The van der Waals surface area contributed by atoms with Crippen LogP contribution in [-0.2, 0) is 13.1 Å². The topological polar surface area (TPSA) is 34.0 Å². The fraction of sp³-hybridized carbons (Fsp3) is 0.368. The molecule has 0 unspecified atom stereocenters. The second-order valence-electron chi connectivity index (χ2n) is 6.59. The number of rotatable bonds is 4. The Kier molecular flexibility index (Phi) is 4.50. The summed E-state index contributed by atoms with van der Waals surface area (Å²) >= 11 is 6.27. The number of nitrogens with zero attached hydrogens (tertiary/aromatic N) is 4. The van der Waals surface area contributed by atoms with Crippen molar-refractivity contribution in [2.45, 2.75) is 25.9 Å². The van der Waals surface area contributed by atoms with Gasteiger partial charge in [-0.15, -0.1) is 0 Å². The Morgan fingerprint density at radius 2 is 2.00 bits per heavy atom. The first-order valence-electron chi connectivity index (χ1n) is 8.50. The van der Waals surface area contributed by atoms with E-state index in [4.69, 9.17) is 16.6 Å². The van der Waals surface area contributed by atoms with Crippen LogP contribution < -0.4 is 0 Å². The lowest BCUT2D eigenvalue weighted by Gasteiger charge is -2.31. The molecule has 0 aliphatic carbocycles. The van der Waals surface area contributed by atoms with E-state index < -0.39 is 0 Å². The molecule has 1 fully saturated rings. The quantitative estimate of drug-likeness (QED) is 0.720. The molecule has 0 saturated carbocycles. The molecule has 2 aromatic heterocycles. The van der Waals surface area contributed by atoms with Crippen molar-refractivity contribution in [3.05, 3.63) is 59.8 Å². The van der Waals surface area contributed by atoms with E-state index in [9.17, 15) is 0 Å². The second-order valence-corrected chi connectivity index (χ2v) is 7.00. The summed E-state index contributed by atoms with van der Waals surface area (Å²) in [7, 11) is 0. The van der Waals surface area contributed by atoms with Crippen LogP contribution >= 0.6 is 11.6 Å². The summed E-state index contributed by atoms with van der Waals surface area (Å²) in [5.41, 5.74) is 2.01. The van der Waals surface area contributed by atoms with Crippen LogP contribution in [0.5, 0.6) is 0 Å². The SMILES string of the molecule is Clc1cccc2ccc(CN3CCC(Cn4ccnc4)CC3)nc12. The highest BCUT2D eigenvalue weighted by atomic mass is 35.5. The minimum absolute atomic E-state index is 0.730. The van der Waals surface area contributed by atoms with E-state index in [1.165, 1.54) is 12.8 Å². The summed E-state index contributed by atoms with van der Waals surface area (Å²) in [6.45, 7) is 4.24. The Morgan fingerprint density at radius 1 is 1.12 bits per heavy atom. The number of piperidine rings is 1. The number of likely N-dealkylation sites (tertiary alicyclic amines) is 1. The summed E-state index contributed by atoms with van der Waals surface area (Å²) in [6, 6.07) is 10.2. The number of halogens is 1. The maximum atomic E-state index is 6.27. The molecule has 4 rings (SSSR count). The van der Waals surface area contributed by atoms with Crippen molar-refractivity contribution in [3.8, 4) is 0 Å². The fourth-order valence-corrected chi connectivity index (χ4v) is 3.71. The average Bonchev–Trinajstić information content (AvgIpc) is 3.10. The number of hydrogen-bond donors (Lipinski definition) is 0. The van der Waals surface area contributed by atoms with Crippen molar-refractivity contribution in [3.63, 3.8) is 0 Å². The van der Waals surface area contributed by atoms with Crippen molar-refractivity contribution >= 4 is 22.5 Å². The molecule has 0 amide bonds. The van der Waals surface area contributed by atoms with Crippen LogP contribution in [0.1, 0.15) is 18.5 Å². The van der Waals surface area contributed by atoms with Gasteiger partial charge in [-0.05, 0) is 44.0 Å². The molecule has 124 valence electrons. The molecule has 24 heavy (non-hydrogen) atoms. The predicted octanol–water partition coefficient (Wildman–Crippen LogP) is 4.00. The first-order valence-corrected chi connectivity index (χ1v) is 8.88. The normalized spacial score (nSPS) is 16.7. The molecule has 0 N–H and O–H groups in total. The summed E-state index contributed by atoms with van der Waals surface area (Å²) in [4.78, 5) is 11.4. The van der Waals surface area contributed by atoms with E-state index >= 15 is 0 Å². The number of benzene rings is 1. The molecule has 3 heterocycles. The minimum Gasteiger partial charge on any atom is -0.337 e. The molecular formula is C19H21ClN4. The van der Waals surface area contributed by atoms with Gasteiger partial charge in [0.2, 0.25) is 0 Å². The largest absolute Gasteiger partial charge is 0.337 e. The highest BCUT2D eigenvalue weighted by molar-refractivity contribution is 6.35.